The van der Waals surface area contributed by atoms with Gasteiger partial charge < -0.3 is 10.6 Å². The van der Waals surface area contributed by atoms with E-state index >= 15 is 0 Å². The van der Waals surface area contributed by atoms with Gasteiger partial charge in [-0.3, -0.25) is 4.79 Å². The Labute approximate surface area is 118 Å². The van der Waals surface area contributed by atoms with Crippen molar-refractivity contribution in [1.29, 1.82) is 0 Å². The maximum absolute atomic E-state index is 12.2. The van der Waals surface area contributed by atoms with Gasteiger partial charge in [-0.25, -0.2) is 0 Å². The van der Waals surface area contributed by atoms with Crippen molar-refractivity contribution in [3.05, 3.63) is 0 Å². The maximum Gasteiger partial charge on any atom is 0.222 e. The summed E-state index contributed by atoms with van der Waals surface area (Å²) in [6, 6.07) is 0.289. The largest absolute Gasteiger partial charge is 0.338 e. The molecule has 1 rings (SSSR count). The lowest BCUT2D eigenvalue weighted by Crippen LogP contribution is -2.42. The third-order valence-corrected chi connectivity index (χ3v) is 4.44. The first-order valence-corrected chi connectivity index (χ1v) is 8.20. The normalized spacial score (nSPS) is 23.0. The zero-order valence-electron chi connectivity index (χ0n) is 12.9. The molecule has 2 atom stereocenters. The Balaban J connectivity index is 2.11. The molecule has 0 aliphatic carbocycles. The third kappa shape index (κ3) is 5.52. The Morgan fingerprint density at radius 2 is 1.79 bits per heavy atom. The van der Waals surface area contributed by atoms with Crippen LogP contribution in [0.1, 0.15) is 71.6 Å². The minimum absolute atomic E-state index is 0.289. The zero-order chi connectivity index (χ0) is 14.1. The van der Waals surface area contributed by atoms with Gasteiger partial charge >= 0.3 is 0 Å². The second-order valence-electron chi connectivity index (χ2n) is 6.03. The quantitative estimate of drug-likeness (QED) is 0.652. The lowest BCUT2D eigenvalue weighted by molar-refractivity contribution is -0.132. The number of nitrogens with two attached hydrogens (primary N) is 1. The molecule has 0 saturated carbocycles. The van der Waals surface area contributed by atoms with E-state index in [1.54, 1.807) is 0 Å². The monoisotopic (exact) mass is 268 g/mol. The Hall–Kier alpha value is -0.570. The van der Waals surface area contributed by atoms with Crippen LogP contribution in [-0.4, -0.2) is 29.9 Å². The van der Waals surface area contributed by atoms with E-state index in [-0.39, 0.29) is 6.04 Å². The van der Waals surface area contributed by atoms with Crippen molar-refractivity contribution >= 4 is 5.91 Å². The maximum atomic E-state index is 12.2. The average molecular weight is 268 g/mol. The fraction of sp³-hybridized carbons (Fsp3) is 0.938. The van der Waals surface area contributed by atoms with Crippen molar-refractivity contribution < 1.29 is 4.79 Å². The second-order valence-corrected chi connectivity index (χ2v) is 6.03. The number of likely N-dealkylation sites (tertiary alicyclic amines) is 1. The molecule has 1 fully saturated rings. The van der Waals surface area contributed by atoms with Gasteiger partial charge in [0.2, 0.25) is 5.91 Å². The topological polar surface area (TPSA) is 46.3 Å². The number of unbranched alkanes of at least 4 members (excludes halogenated alkanes) is 6. The molecule has 0 aromatic rings. The van der Waals surface area contributed by atoms with Gasteiger partial charge in [-0.2, -0.15) is 0 Å². The summed E-state index contributed by atoms with van der Waals surface area (Å²) in [6.45, 7) is 5.98. The second kappa shape index (κ2) is 9.35. The first-order valence-electron chi connectivity index (χ1n) is 8.20. The molecule has 1 aliphatic rings. The molecule has 1 aliphatic heterocycles. The highest BCUT2D eigenvalue weighted by Gasteiger charge is 2.32. The molecule has 0 aromatic carbocycles. The van der Waals surface area contributed by atoms with E-state index in [1.807, 2.05) is 4.90 Å². The van der Waals surface area contributed by atoms with Crippen molar-refractivity contribution in [2.45, 2.75) is 77.7 Å². The van der Waals surface area contributed by atoms with Crippen LogP contribution < -0.4 is 5.73 Å². The molecule has 1 saturated heterocycles. The van der Waals surface area contributed by atoms with Gasteiger partial charge in [0.1, 0.15) is 0 Å². The minimum atomic E-state index is 0.289. The highest BCUT2D eigenvalue weighted by Crippen LogP contribution is 2.24. The predicted octanol–water partition coefficient (Wildman–Crippen LogP) is 3.32. The van der Waals surface area contributed by atoms with E-state index < -0.39 is 0 Å². The number of nitrogens with zero attached hydrogens (tertiary/aromatic N) is 1. The molecule has 19 heavy (non-hydrogen) atoms. The van der Waals surface area contributed by atoms with E-state index in [4.69, 9.17) is 5.73 Å². The Kier molecular flexibility index (Phi) is 8.11. The van der Waals surface area contributed by atoms with E-state index in [9.17, 15) is 4.79 Å². The summed E-state index contributed by atoms with van der Waals surface area (Å²) >= 11 is 0. The molecule has 2 unspecified atom stereocenters. The van der Waals surface area contributed by atoms with Gasteiger partial charge in [0, 0.05) is 25.6 Å². The van der Waals surface area contributed by atoms with Crippen LogP contribution in [0.25, 0.3) is 0 Å². The third-order valence-electron chi connectivity index (χ3n) is 4.44. The molecule has 3 nitrogen and oxygen atoms in total. The van der Waals surface area contributed by atoms with Crippen molar-refractivity contribution in [2.24, 2.45) is 11.7 Å². The smallest absolute Gasteiger partial charge is 0.222 e. The molecular formula is C16H32N2O. The van der Waals surface area contributed by atoms with Gasteiger partial charge in [0.25, 0.3) is 0 Å². The molecule has 0 aromatic heterocycles. The summed E-state index contributed by atoms with van der Waals surface area (Å²) in [4.78, 5) is 14.2. The Morgan fingerprint density at radius 3 is 2.42 bits per heavy atom. The molecule has 1 heterocycles. The van der Waals surface area contributed by atoms with Crippen LogP contribution >= 0.6 is 0 Å². The molecule has 2 N–H and O–H groups in total. The van der Waals surface area contributed by atoms with Crippen molar-refractivity contribution in [3.63, 3.8) is 0 Å². The Morgan fingerprint density at radius 1 is 1.16 bits per heavy atom. The van der Waals surface area contributed by atoms with Crippen LogP contribution in [0.5, 0.6) is 0 Å². The van der Waals surface area contributed by atoms with Crippen LogP contribution in [0.3, 0.4) is 0 Å². The lowest BCUT2D eigenvalue weighted by Gasteiger charge is -2.25. The molecule has 112 valence electrons. The number of carbonyl (C=O) groups excluding carboxylic acids is 1. The van der Waals surface area contributed by atoms with Crippen LogP contribution in [0.4, 0.5) is 0 Å². The highest BCUT2D eigenvalue weighted by atomic mass is 16.2. The summed E-state index contributed by atoms with van der Waals surface area (Å²) in [5.41, 5.74) is 5.78. The number of carbonyl (C=O) groups is 1. The van der Waals surface area contributed by atoms with E-state index in [1.165, 1.54) is 38.5 Å². The number of hydrogen-bond acceptors (Lipinski definition) is 2. The molecule has 0 spiro atoms. The average Bonchev–Trinajstić information content (AvgIpc) is 2.78. The van der Waals surface area contributed by atoms with Gasteiger partial charge in [-0.05, 0) is 18.8 Å². The lowest BCUT2D eigenvalue weighted by atomic mass is 10.0. The SMILES string of the molecule is CCCCCCCCCC(=O)N1CCC(C)C1CN. The van der Waals surface area contributed by atoms with Crippen molar-refractivity contribution in [3.8, 4) is 0 Å². The van der Waals surface area contributed by atoms with Gasteiger partial charge in [-0.1, -0.05) is 52.4 Å². The number of amides is 1. The zero-order valence-corrected chi connectivity index (χ0v) is 12.9. The highest BCUT2D eigenvalue weighted by molar-refractivity contribution is 5.76. The summed E-state index contributed by atoms with van der Waals surface area (Å²) in [7, 11) is 0. The van der Waals surface area contributed by atoms with E-state index in [0.717, 1.165) is 25.8 Å². The molecule has 0 radical (unpaired) electrons. The summed E-state index contributed by atoms with van der Waals surface area (Å²) in [6.07, 6.45) is 10.7. The number of rotatable bonds is 9. The van der Waals surface area contributed by atoms with Crippen LogP contribution in [-0.2, 0) is 4.79 Å². The van der Waals surface area contributed by atoms with Crippen molar-refractivity contribution in [1.82, 2.24) is 4.90 Å². The van der Waals surface area contributed by atoms with Gasteiger partial charge in [0.15, 0.2) is 0 Å². The fourth-order valence-electron chi connectivity index (χ4n) is 3.05. The van der Waals surface area contributed by atoms with Gasteiger partial charge in [-0.15, -0.1) is 0 Å². The van der Waals surface area contributed by atoms with Crippen LogP contribution in [0.2, 0.25) is 0 Å². The molecule has 1 amide bonds. The first-order chi connectivity index (χ1) is 9.20. The summed E-state index contributed by atoms with van der Waals surface area (Å²) in [5, 5.41) is 0. The van der Waals surface area contributed by atoms with Crippen LogP contribution in [0.15, 0.2) is 0 Å². The minimum Gasteiger partial charge on any atom is -0.338 e. The standard InChI is InChI=1S/C16H32N2O/c1-3-4-5-6-7-8-9-10-16(19)18-12-11-14(2)15(18)13-17/h14-15H,3-13,17H2,1-2H3. The van der Waals surface area contributed by atoms with Crippen molar-refractivity contribution in [2.75, 3.05) is 13.1 Å². The van der Waals surface area contributed by atoms with Gasteiger partial charge in [0.05, 0.1) is 0 Å². The van der Waals surface area contributed by atoms with E-state index in [0.29, 0.717) is 18.4 Å². The fourth-order valence-corrected chi connectivity index (χ4v) is 3.05. The molecule has 3 heteroatoms. The Bertz CT molecular complexity index is 255. The number of hydrogen-bond donors (Lipinski definition) is 1. The summed E-state index contributed by atoms with van der Waals surface area (Å²) in [5.74, 6) is 0.899. The summed E-state index contributed by atoms with van der Waals surface area (Å²) < 4.78 is 0. The molecular weight excluding hydrogens is 236 g/mol. The van der Waals surface area contributed by atoms with Crippen LogP contribution in [0, 0.1) is 5.92 Å². The first kappa shape index (κ1) is 16.5. The molecule has 0 bridgehead atoms. The predicted molar refractivity (Wildman–Crippen MR) is 80.9 cm³/mol. The van der Waals surface area contributed by atoms with E-state index in [2.05, 4.69) is 13.8 Å².